The Hall–Kier alpha value is -2.43. The molecule has 134 valence electrons. The minimum absolute atomic E-state index is 0.220. The molecule has 1 aliphatic heterocycles. The lowest BCUT2D eigenvalue weighted by atomic mass is 9.92. The number of benzene rings is 1. The molecule has 4 rings (SSSR count). The van der Waals surface area contributed by atoms with E-state index in [2.05, 4.69) is 4.98 Å². The lowest BCUT2D eigenvalue weighted by molar-refractivity contribution is 0.0721. The molecule has 26 heavy (non-hydrogen) atoms. The van der Waals surface area contributed by atoms with E-state index in [1.165, 1.54) is 22.5 Å². The zero-order valence-electron chi connectivity index (χ0n) is 14.3. The van der Waals surface area contributed by atoms with Crippen molar-refractivity contribution >= 4 is 10.0 Å². The molecule has 0 saturated carbocycles. The van der Waals surface area contributed by atoms with Crippen LogP contribution < -0.4 is 4.74 Å². The first-order chi connectivity index (χ1) is 12.6. The monoisotopic (exact) mass is 369 g/mol. The Morgan fingerprint density at radius 1 is 1.12 bits per heavy atom. The van der Waals surface area contributed by atoms with Crippen molar-refractivity contribution in [3.05, 3.63) is 53.2 Å². The molecule has 1 aliphatic carbocycles. The summed E-state index contributed by atoms with van der Waals surface area (Å²) in [7, 11) is -3.48. The van der Waals surface area contributed by atoms with Crippen molar-refractivity contribution in [3.63, 3.8) is 0 Å². The van der Waals surface area contributed by atoms with E-state index in [4.69, 9.17) is 10.00 Å². The van der Waals surface area contributed by atoms with Gasteiger partial charge in [-0.25, -0.2) is 13.4 Å². The number of sulfonamides is 1. The number of hydrogen-bond donors (Lipinski definition) is 0. The van der Waals surface area contributed by atoms with Gasteiger partial charge in [-0.1, -0.05) is 6.07 Å². The van der Waals surface area contributed by atoms with E-state index < -0.39 is 10.0 Å². The Balaban J connectivity index is 1.41. The van der Waals surface area contributed by atoms with Crippen molar-refractivity contribution in [1.82, 2.24) is 9.29 Å². The molecule has 0 radical (unpaired) electrons. The van der Waals surface area contributed by atoms with Gasteiger partial charge in [0, 0.05) is 12.3 Å². The second-order valence-corrected chi connectivity index (χ2v) is 8.63. The van der Waals surface area contributed by atoms with Crippen LogP contribution in [0.25, 0.3) is 0 Å². The average molecular weight is 369 g/mol. The largest absolute Gasteiger partial charge is 0.472 e. The summed E-state index contributed by atoms with van der Waals surface area (Å²) in [4.78, 5) is 4.42. The SMILES string of the molecule is N#Cc1ccc(OC2CN(S(=O)(=O)c3ccc4c(c3)CCCC4)C2)nc1. The Morgan fingerprint density at radius 2 is 1.88 bits per heavy atom. The van der Waals surface area contributed by atoms with Gasteiger partial charge in [0.15, 0.2) is 0 Å². The van der Waals surface area contributed by atoms with Crippen LogP contribution in [0.5, 0.6) is 5.88 Å². The highest BCUT2D eigenvalue weighted by Crippen LogP contribution is 2.28. The Labute approximate surface area is 153 Å². The summed E-state index contributed by atoms with van der Waals surface area (Å²) in [5.74, 6) is 0.403. The molecule has 0 atom stereocenters. The van der Waals surface area contributed by atoms with E-state index >= 15 is 0 Å². The predicted molar refractivity (Wildman–Crippen MR) is 95.2 cm³/mol. The smallest absolute Gasteiger partial charge is 0.243 e. The van der Waals surface area contributed by atoms with Gasteiger partial charge in [-0.3, -0.25) is 0 Å². The second-order valence-electron chi connectivity index (χ2n) is 6.70. The lowest BCUT2D eigenvalue weighted by Crippen LogP contribution is -2.56. The summed E-state index contributed by atoms with van der Waals surface area (Å²) in [6.07, 6.45) is 5.50. The molecule has 2 aliphatic rings. The number of aryl methyl sites for hydroxylation is 2. The van der Waals surface area contributed by atoms with E-state index in [1.807, 2.05) is 18.2 Å². The van der Waals surface area contributed by atoms with E-state index in [0.29, 0.717) is 29.4 Å². The highest BCUT2D eigenvalue weighted by molar-refractivity contribution is 7.89. The van der Waals surface area contributed by atoms with E-state index in [9.17, 15) is 8.42 Å². The fourth-order valence-corrected chi connectivity index (χ4v) is 4.93. The van der Waals surface area contributed by atoms with Crippen LogP contribution in [0.2, 0.25) is 0 Å². The quantitative estimate of drug-likeness (QED) is 0.826. The molecular weight excluding hydrogens is 350 g/mol. The van der Waals surface area contributed by atoms with Crippen LogP contribution in [0.1, 0.15) is 29.5 Å². The van der Waals surface area contributed by atoms with Gasteiger partial charge in [0.2, 0.25) is 15.9 Å². The van der Waals surface area contributed by atoms with Crippen molar-refractivity contribution in [1.29, 1.82) is 5.26 Å². The number of fused-ring (bicyclic) bond motifs is 1. The number of ether oxygens (including phenoxy) is 1. The summed E-state index contributed by atoms with van der Waals surface area (Å²) in [5, 5.41) is 8.77. The molecule has 1 aromatic carbocycles. The highest BCUT2D eigenvalue weighted by atomic mass is 32.2. The van der Waals surface area contributed by atoms with Gasteiger partial charge >= 0.3 is 0 Å². The normalized spacial score (nSPS) is 17.8. The Kier molecular flexibility index (Phi) is 4.39. The zero-order valence-corrected chi connectivity index (χ0v) is 15.1. The third-order valence-electron chi connectivity index (χ3n) is 4.93. The molecule has 0 amide bonds. The maximum absolute atomic E-state index is 12.8. The average Bonchev–Trinajstić information content (AvgIpc) is 2.64. The summed E-state index contributed by atoms with van der Waals surface area (Å²) >= 11 is 0. The number of nitriles is 1. The first-order valence-electron chi connectivity index (χ1n) is 8.71. The third kappa shape index (κ3) is 3.18. The van der Waals surface area contributed by atoms with Crippen molar-refractivity contribution < 1.29 is 13.2 Å². The number of pyridine rings is 1. The molecule has 1 aromatic heterocycles. The maximum atomic E-state index is 12.8. The number of aromatic nitrogens is 1. The molecule has 6 nitrogen and oxygen atoms in total. The van der Waals surface area contributed by atoms with Gasteiger partial charge < -0.3 is 4.74 Å². The van der Waals surface area contributed by atoms with Gasteiger partial charge in [0.05, 0.1) is 23.5 Å². The summed E-state index contributed by atoms with van der Waals surface area (Å²) in [6, 6.07) is 10.8. The predicted octanol–water partition coefficient (Wildman–Crippen LogP) is 2.28. The molecule has 0 unspecified atom stereocenters. The Bertz CT molecular complexity index is 959. The van der Waals surface area contributed by atoms with Crippen LogP contribution in [0.4, 0.5) is 0 Å². The van der Waals surface area contributed by atoms with E-state index in [-0.39, 0.29) is 6.10 Å². The maximum Gasteiger partial charge on any atom is 0.243 e. The van der Waals surface area contributed by atoms with Crippen molar-refractivity contribution in [2.45, 2.75) is 36.7 Å². The number of hydrogen-bond acceptors (Lipinski definition) is 5. The van der Waals surface area contributed by atoms with Gasteiger partial charge in [0.25, 0.3) is 0 Å². The molecule has 1 fully saturated rings. The van der Waals surface area contributed by atoms with Crippen LogP contribution in [0.15, 0.2) is 41.4 Å². The fourth-order valence-electron chi connectivity index (χ4n) is 3.38. The van der Waals surface area contributed by atoms with Gasteiger partial charge in [0.1, 0.15) is 12.2 Å². The number of nitrogens with zero attached hydrogens (tertiary/aromatic N) is 3. The molecule has 0 N–H and O–H groups in total. The summed E-state index contributed by atoms with van der Waals surface area (Å²) in [6.45, 7) is 0.613. The molecule has 1 saturated heterocycles. The molecule has 2 heterocycles. The fraction of sp³-hybridized carbons (Fsp3) is 0.368. The van der Waals surface area contributed by atoms with Gasteiger partial charge in [-0.15, -0.1) is 0 Å². The van der Waals surface area contributed by atoms with Crippen molar-refractivity contribution in [2.24, 2.45) is 0 Å². The minimum Gasteiger partial charge on any atom is -0.472 e. The topological polar surface area (TPSA) is 83.3 Å². The second kappa shape index (κ2) is 6.71. The molecule has 0 bridgehead atoms. The zero-order chi connectivity index (χ0) is 18.1. The van der Waals surface area contributed by atoms with Crippen molar-refractivity contribution in [2.75, 3.05) is 13.1 Å². The Morgan fingerprint density at radius 3 is 2.58 bits per heavy atom. The van der Waals surface area contributed by atoms with Gasteiger partial charge in [-0.05, 0) is 55.0 Å². The first kappa shape index (κ1) is 17.0. The lowest BCUT2D eigenvalue weighted by Gasteiger charge is -2.37. The van der Waals surface area contributed by atoms with Crippen LogP contribution in [-0.4, -0.2) is 36.9 Å². The molecular formula is C19H19N3O3S. The van der Waals surface area contributed by atoms with Gasteiger partial charge in [-0.2, -0.15) is 9.57 Å². The number of rotatable bonds is 4. The highest BCUT2D eigenvalue weighted by Gasteiger charge is 2.38. The molecule has 2 aromatic rings. The van der Waals surface area contributed by atoms with Crippen LogP contribution in [0.3, 0.4) is 0 Å². The van der Waals surface area contributed by atoms with E-state index in [1.54, 1.807) is 18.2 Å². The first-order valence-corrected chi connectivity index (χ1v) is 10.1. The van der Waals surface area contributed by atoms with Crippen LogP contribution in [0, 0.1) is 11.3 Å². The van der Waals surface area contributed by atoms with Crippen LogP contribution in [-0.2, 0) is 22.9 Å². The van der Waals surface area contributed by atoms with Crippen LogP contribution >= 0.6 is 0 Å². The third-order valence-corrected chi connectivity index (χ3v) is 6.75. The standard InChI is InChI=1S/C19H19N3O3S/c20-10-14-5-8-19(21-11-14)25-17-12-22(13-17)26(23,24)18-7-6-15-3-1-2-4-16(15)9-18/h5-9,11,17H,1-4,12-13H2. The van der Waals surface area contributed by atoms with E-state index in [0.717, 1.165) is 24.8 Å². The minimum atomic E-state index is -3.48. The summed E-state index contributed by atoms with van der Waals surface area (Å²) < 4.78 is 32.7. The molecule has 7 heteroatoms. The summed E-state index contributed by atoms with van der Waals surface area (Å²) in [5.41, 5.74) is 2.89. The van der Waals surface area contributed by atoms with Crippen molar-refractivity contribution in [3.8, 4) is 11.9 Å². The molecule has 0 spiro atoms.